The van der Waals surface area contributed by atoms with Gasteiger partial charge in [0.1, 0.15) is 17.7 Å². The predicted molar refractivity (Wildman–Crippen MR) is 97.8 cm³/mol. The van der Waals surface area contributed by atoms with Crippen LogP contribution in [0.3, 0.4) is 0 Å². The van der Waals surface area contributed by atoms with Crippen molar-refractivity contribution in [3.05, 3.63) is 78.6 Å². The molecule has 0 aliphatic heterocycles. The average Bonchev–Trinajstić information content (AvgIpc) is 3.24. The molecule has 0 unspecified atom stereocenters. The zero-order chi connectivity index (χ0) is 21.3. The number of hydrogen-bond donors (Lipinski definition) is 0. The lowest BCUT2D eigenvalue weighted by Crippen LogP contribution is -2.08. The van der Waals surface area contributed by atoms with E-state index in [0.29, 0.717) is 5.69 Å². The van der Waals surface area contributed by atoms with Crippen molar-refractivity contribution in [3.63, 3.8) is 0 Å². The first-order valence-electron chi connectivity index (χ1n) is 8.62. The fourth-order valence-corrected chi connectivity index (χ4v) is 2.73. The third-order valence-electron chi connectivity index (χ3n) is 4.19. The number of aromatic nitrogens is 5. The van der Waals surface area contributed by atoms with E-state index in [2.05, 4.69) is 19.9 Å². The van der Waals surface area contributed by atoms with Crippen LogP contribution < -0.4 is 0 Å². The maximum Gasteiger partial charge on any atom is 0.433 e. The first-order valence-corrected chi connectivity index (χ1v) is 8.62. The van der Waals surface area contributed by atoms with Crippen LogP contribution in [0.4, 0.5) is 22.0 Å². The van der Waals surface area contributed by atoms with Crippen molar-refractivity contribution in [1.29, 1.82) is 0 Å². The molecule has 3 aromatic heterocycles. The second-order valence-corrected chi connectivity index (χ2v) is 6.24. The summed E-state index contributed by atoms with van der Waals surface area (Å²) in [4.78, 5) is 15.7. The third-order valence-corrected chi connectivity index (χ3v) is 4.19. The Hall–Kier alpha value is -3.69. The SMILES string of the molecule is FC(F)c1cc(-c2ccc(C(F)(F)F)nc2)nc(-n2cnc(-c3ccccc3)c2)n1. The van der Waals surface area contributed by atoms with Gasteiger partial charge in [-0.3, -0.25) is 9.55 Å². The van der Waals surface area contributed by atoms with Gasteiger partial charge in [0.2, 0.25) is 5.95 Å². The molecule has 0 spiro atoms. The van der Waals surface area contributed by atoms with Gasteiger partial charge in [-0.2, -0.15) is 13.2 Å². The third kappa shape index (κ3) is 4.02. The van der Waals surface area contributed by atoms with Gasteiger partial charge in [0.05, 0.1) is 11.4 Å². The van der Waals surface area contributed by atoms with E-state index in [9.17, 15) is 22.0 Å². The molecule has 0 amide bonds. The van der Waals surface area contributed by atoms with E-state index in [0.717, 1.165) is 30.0 Å². The Morgan fingerprint density at radius 1 is 0.833 bits per heavy atom. The molecule has 0 fully saturated rings. The molecular weight excluding hydrogens is 405 g/mol. The average molecular weight is 417 g/mol. The van der Waals surface area contributed by atoms with E-state index in [-0.39, 0.29) is 17.2 Å². The highest BCUT2D eigenvalue weighted by Gasteiger charge is 2.32. The molecule has 0 radical (unpaired) electrons. The van der Waals surface area contributed by atoms with E-state index >= 15 is 0 Å². The smallest absolute Gasteiger partial charge is 0.274 e. The van der Waals surface area contributed by atoms with Gasteiger partial charge in [-0.15, -0.1) is 0 Å². The Kier molecular flexibility index (Phi) is 4.98. The maximum absolute atomic E-state index is 13.4. The fraction of sp³-hybridized carbons (Fsp3) is 0.100. The Morgan fingerprint density at radius 2 is 1.60 bits per heavy atom. The molecule has 0 saturated carbocycles. The van der Waals surface area contributed by atoms with E-state index in [1.54, 1.807) is 6.20 Å². The zero-order valence-electron chi connectivity index (χ0n) is 15.1. The summed E-state index contributed by atoms with van der Waals surface area (Å²) in [6, 6.07) is 12.1. The lowest BCUT2D eigenvalue weighted by atomic mass is 10.1. The Labute approximate surface area is 166 Å². The summed E-state index contributed by atoms with van der Waals surface area (Å²) in [5.41, 5.74) is -0.0853. The monoisotopic (exact) mass is 417 g/mol. The number of halogens is 5. The summed E-state index contributed by atoms with van der Waals surface area (Å²) in [6.45, 7) is 0. The largest absolute Gasteiger partial charge is 0.433 e. The molecule has 10 heteroatoms. The molecule has 0 aliphatic rings. The molecule has 1 aromatic carbocycles. The van der Waals surface area contributed by atoms with Gasteiger partial charge < -0.3 is 0 Å². The van der Waals surface area contributed by atoms with Crippen molar-refractivity contribution in [2.24, 2.45) is 0 Å². The number of pyridine rings is 1. The topological polar surface area (TPSA) is 56.5 Å². The van der Waals surface area contributed by atoms with Crippen LogP contribution in [0.25, 0.3) is 28.5 Å². The molecule has 3 heterocycles. The van der Waals surface area contributed by atoms with Gasteiger partial charge in [-0.25, -0.2) is 23.7 Å². The predicted octanol–water partition coefficient (Wildman–Crippen LogP) is 5.35. The fourth-order valence-electron chi connectivity index (χ4n) is 2.73. The highest BCUT2D eigenvalue weighted by atomic mass is 19.4. The summed E-state index contributed by atoms with van der Waals surface area (Å²) in [5, 5.41) is 0. The number of benzene rings is 1. The minimum atomic E-state index is -4.60. The van der Waals surface area contributed by atoms with Gasteiger partial charge in [0.15, 0.2) is 0 Å². The standard InChI is InChI=1S/C20H12F5N5/c21-18(22)15-8-14(13-6-7-17(26-9-13)20(23,24)25)28-19(29-15)30-10-16(27-11-30)12-4-2-1-3-5-12/h1-11,18H. The number of alkyl halides is 5. The van der Waals surface area contributed by atoms with Crippen LogP contribution in [0, 0.1) is 0 Å². The molecular formula is C20H12F5N5. The minimum Gasteiger partial charge on any atom is -0.274 e. The van der Waals surface area contributed by atoms with Gasteiger partial charge in [0, 0.05) is 23.5 Å². The van der Waals surface area contributed by atoms with Gasteiger partial charge in [-0.05, 0) is 18.2 Å². The van der Waals surface area contributed by atoms with Crippen molar-refractivity contribution < 1.29 is 22.0 Å². The van der Waals surface area contributed by atoms with Gasteiger partial charge in [-0.1, -0.05) is 30.3 Å². The number of rotatable bonds is 4. The summed E-state index contributed by atoms with van der Waals surface area (Å²) in [6.07, 6.45) is -3.61. The van der Waals surface area contributed by atoms with Crippen LogP contribution in [0.5, 0.6) is 0 Å². The second kappa shape index (κ2) is 7.62. The first-order chi connectivity index (χ1) is 14.3. The Balaban J connectivity index is 1.75. The maximum atomic E-state index is 13.4. The normalized spacial score (nSPS) is 11.8. The van der Waals surface area contributed by atoms with Crippen LogP contribution in [-0.4, -0.2) is 24.5 Å². The molecule has 0 N–H and O–H groups in total. The van der Waals surface area contributed by atoms with E-state index in [1.807, 2.05) is 30.3 Å². The van der Waals surface area contributed by atoms with Crippen molar-refractivity contribution in [3.8, 4) is 28.5 Å². The van der Waals surface area contributed by atoms with E-state index in [4.69, 9.17) is 0 Å². The first kappa shape index (κ1) is 19.6. The zero-order valence-corrected chi connectivity index (χ0v) is 15.1. The molecule has 0 aliphatic carbocycles. The van der Waals surface area contributed by atoms with E-state index in [1.165, 1.54) is 10.9 Å². The molecule has 0 saturated heterocycles. The van der Waals surface area contributed by atoms with Gasteiger partial charge in [0.25, 0.3) is 6.43 Å². The van der Waals surface area contributed by atoms with Crippen LogP contribution in [0.2, 0.25) is 0 Å². The highest BCUT2D eigenvalue weighted by Crippen LogP contribution is 2.30. The quantitative estimate of drug-likeness (QED) is 0.420. The van der Waals surface area contributed by atoms with Crippen molar-refractivity contribution in [2.45, 2.75) is 12.6 Å². The number of hydrogen-bond acceptors (Lipinski definition) is 4. The van der Waals surface area contributed by atoms with Crippen LogP contribution in [0.15, 0.2) is 67.3 Å². The molecule has 152 valence electrons. The molecule has 0 bridgehead atoms. The van der Waals surface area contributed by atoms with Crippen LogP contribution in [0.1, 0.15) is 17.8 Å². The number of nitrogens with zero attached hydrogens (tertiary/aromatic N) is 5. The number of imidazole rings is 1. The van der Waals surface area contributed by atoms with E-state index < -0.39 is 24.0 Å². The lowest BCUT2D eigenvalue weighted by molar-refractivity contribution is -0.141. The summed E-state index contributed by atoms with van der Waals surface area (Å²) >= 11 is 0. The molecule has 0 atom stereocenters. The minimum absolute atomic E-state index is 0.0199. The molecule has 4 rings (SSSR count). The Bertz CT molecular complexity index is 1150. The van der Waals surface area contributed by atoms with Gasteiger partial charge >= 0.3 is 6.18 Å². The molecule has 4 aromatic rings. The van der Waals surface area contributed by atoms with Crippen molar-refractivity contribution >= 4 is 0 Å². The molecule has 30 heavy (non-hydrogen) atoms. The van der Waals surface area contributed by atoms with Crippen molar-refractivity contribution in [1.82, 2.24) is 24.5 Å². The molecule has 5 nitrogen and oxygen atoms in total. The van der Waals surface area contributed by atoms with Crippen molar-refractivity contribution in [2.75, 3.05) is 0 Å². The lowest BCUT2D eigenvalue weighted by Gasteiger charge is -2.09. The summed E-state index contributed by atoms with van der Waals surface area (Å²) in [7, 11) is 0. The highest BCUT2D eigenvalue weighted by molar-refractivity contribution is 5.60. The summed E-state index contributed by atoms with van der Waals surface area (Å²) < 4.78 is 66.3. The van der Waals surface area contributed by atoms with Crippen LogP contribution >= 0.6 is 0 Å². The van der Waals surface area contributed by atoms with Crippen LogP contribution in [-0.2, 0) is 6.18 Å². The Morgan fingerprint density at radius 3 is 2.23 bits per heavy atom. The summed E-state index contributed by atoms with van der Waals surface area (Å²) in [5.74, 6) is -0.0858. The second-order valence-electron chi connectivity index (χ2n) is 6.24.